The van der Waals surface area contributed by atoms with Crippen LogP contribution in [-0.4, -0.2) is 17.1 Å². The average molecular weight is 231 g/mol. The van der Waals surface area contributed by atoms with Gasteiger partial charge in [-0.15, -0.1) is 0 Å². The standard InChI is InChI=1S/C14H17NO2/c16-14(17)13(15-10-7-8-10)12-4-2-1-3-11(12)9-5-6-9/h1-4,9-10,13,15H,5-8H2,(H,16,17). The smallest absolute Gasteiger partial charge is 0.325 e. The van der Waals surface area contributed by atoms with Crippen LogP contribution in [0.25, 0.3) is 0 Å². The summed E-state index contributed by atoms with van der Waals surface area (Å²) in [7, 11) is 0. The van der Waals surface area contributed by atoms with Crippen LogP contribution in [0.2, 0.25) is 0 Å². The molecule has 0 heterocycles. The Morgan fingerprint density at radius 3 is 2.53 bits per heavy atom. The van der Waals surface area contributed by atoms with Crippen LogP contribution in [0.4, 0.5) is 0 Å². The SMILES string of the molecule is O=C(O)C(NC1CC1)c1ccccc1C1CC1. The fourth-order valence-electron chi connectivity index (χ4n) is 2.32. The van der Waals surface area contributed by atoms with Crippen LogP contribution >= 0.6 is 0 Å². The van der Waals surface area contributed by atoms with Crippen LogP contribution in [0, 0.1) is 0 Å². The molecule has 1 aromatic carbocycles. The summed E-state index contributed by atoms with van der Waals surface area (Å²) in [6.07, 6.45) is 4.62. The van der Waals surface area contributed by atoms with Gasteiger partial charge >= 0.3 is 5.97 Å². The molecular weight excluding hydrogens is 214 g/mol. The summed E-state index contributed by atoms with van der Waals surface area (Å²) in [5.74, 6) is -0.168. The lowest BCUT2D eigenvalue weighted by molar-refractivity contribution is -0.139. The van der Waals surface area contributed by atoms with Crippen molar-refractivity contribution in [3.63, 3.8) is 0 Å². The molecule has 0 spiro atoms. The third-order valence-electron chi connectivity index (χ3n) is 3.55. The fourth-order valence-corrected chi connectivity index (χ4v) is 2.32. The number of rotatable bonds is 5. The third kappa shape index (κ3) is 2.34. The molecule has 2 fully saturated rings. The van der Waals surface area contributed by atoms with Crippen LogP contribution in [0.3, 0.4) is 0 Å². The van der Waals surface area contributed by atoms with E-state index in [-0.39, 0.29) is 0 Å². The number of aliphatic carboxylic acids is 1. The van der Waals surface area contributed by atoms with Gasteiger partial charge in [0.1, 0.15) is 6.04 Å². The number of hydrogen-bond donors (Lipinski definition) is 2. The van der Waals surface area contributed by atoms with Gasteiger partial charge in [-0.2, -0.15) is 0 Å². The number of carboxylic acid groups (broad SMARTS) is 1. The van der Waals surface area contributed by atoms with Crippen LogP contribution in [0.5, 0.6) is 0 Å². The second-order valence-electron chi connectivity index (χ2n) is 5.12. The topological polar surface area (TPSA) is 49.3 Å². The molecule has 17 heavy (non-hydrogen) atoms. The minimum absolute atomic E-state index is 0.406. The Hall–Kier alpha value is -1.35. The number of hydrogen-bond acceptors (Lipinski definition) is 2. The van der Waals surface area contributed by atoms with E-state index in [0.29, 0.717) is 12.0 Å². The minimum atomic E-state index is -0.759. The highest BCUT2D eigenvalue weighted by Gasteiger charge is 2.33. The van der Waals surface area contributed by atoms with E-state index < -0.39 is 12.0 Å². The first-order valence-corrected chi connectivity index (χ1v) is 6.33. The van der Waals surface area contributed by atoms with Crippen molar-refractivity contribution < 1.29 is 9.90 Å². The van der Waals surface area contributed by atoms with Crippen molar-refractivity contribution in [2.24, 2.45) is 0 Å². The normalized spacial score (nSPS) is 21.2. The fraction of sp³-hybridized carbons (Fsp3) is 0.500. The van der Waals surface area contributed by atoms with Crippen LogP contribution in [0.15, 0.2) is 24.3 Å². The summed E-state index contributed by atoms with van der Waals surface area (Å²) in [6.45, 7) is 0. The van der Waals surface area contributed by atoms with Gasteiger partial charge in [0, 0.05) is 6.04 Å². The highest BCUT2D eigenvalue weighted by atomic mass is 16.4. The van der Waals surface area contributed by atoms with Crippen molar-refractivity contribution in [3.8, 4) is 0 Å². The molecule has 3 heteroatoms. The second kappa shape index (κ2) is 4.15. The van der Waals surface area contributed by atoms with E-state index in [1.807, 2.05) is 18.2 Å². The van der Waals surface area contributed by atoms with Crippen molar-refractivity contribution in [2.45, 2.75) is 43.7 Å². The first-order chi connectivity index (χ1) is 8.25. The molecule has 0 amide bonds. The van der Waals surface area contributed by atoms with Gasteiger partial charge in [0.15, 0.2) is 0 Å². The quantitative estimate of drug-likeness (QED) is 0.818. The predicted octanol–water partition coefficient (Wildman–Crippen LogP) is 2.44. The molecule has 2 aliphatic rings. The van der Waals surface area contributed by atoms with E-state index in [0.717, 1.165) is 18.4 Å². The van der Waals surface area contributed by atoms with Crippen molar-refractivity contribution in [1.82, 2.24) is 5.32 Å². The van der Waals surface area contributed by atoms with Gasteiger partial charge in [-0.05, 0) is 42.7 Å². The molecule has 2 saturated carbocycles. The van der Waals surface area contributed by atoms with E-state index in [2.05, 4.69) is 11.4 Å². The van der Waals surface area contributed by atoms with Gasteiger partial charge in [0.25, 0.3) is 0 Å². The zero-order valence-electron chi connectivity index (χ0n) is 9.73. The molecule has 0 saturated heterocycles. The molecule has 3 rings (SSSR count). The maximum atomic E-state index is 11.4. The zero-order chi connectivity index (χ0) is 11.8. The second-order valence-corrected chi connectivity index (χ2v) is 5.12. The molecule has 0 aliphatic heterocycles. The minimum Gasteiger partial charge on any atom is -0.480 e. The van der Waals surface area contributed by atoms with E-state index in [9.17, 15) is 9.90 Å². The molecule has 2 N–H and O–H groups in total. The number of carboxylic acids is 1. The summed E-state index contributed by atoms with van der Waals surface area (Å²) < 4.78 is 0. The van der Waals surface area contributed by atoms with Gasteiger partial charge in [0.2, 0.25) is 0 Å². The molecular formula is C14H17NO2. The Kier molecular flexibility index (Phi) is 2.63. The average Bonchev–Trinajstić information content (AvgIpc) is 3.17. The molecule has 0 bridgehead atoms. The zero-order valence-corrected chi connectivity index (χ0v) is 9.73. The lowest BCUT2D eigenvalue weighted by Gasteiger charge is -2.18. The van der Waals surface area contributed by atoms with E-state index in [4.69, 9.17) is 0 Å². The van der Waals surface area contributed by atoms with E-state index in [1.54, 1.807) is 0 Å². The lowest BCUT2D eigenvalue weighted by atomic mass is 9.97. The first-order valence-electron chi connectivity index (χ1n) is 6.33. The maximum absolute atomic E-state index is 11.4. The lowest BCUT2D eigenvalue weighted by Crippen LogP contribution is -2.30. The van der Waals surface area contributed by atoms with Gasteiger partial charge in [-0.3, -0.25) is 10.1 Å². The molecule has 1 unspecified atom stereocenters. The van der Waals surface area contributed by atoms with Gasteiger partial charge < -0.3 is 5.11 Å². The van der Waals surface area contributed by atoms with Crippen LogP contribution in [-0.2, 0) is 4.79 Å². The Labute approximate surface area is 101 Å². The molecule has 90 valence electrons. The van der Waals surface area contributed by atoms with Gasteiger partial charge in [-0.1, -0.05) is 24.3 Å². The maximum Gasteiger partial charge on any atom is 0.325 e. The Bertz CT molecular complexity index is 436. The van der Waals surface area contributed by atoms with Crippen molar-refractivity contribution in [3.05, 3.63) is 35.4 Å². The van der Waals surface area contributed by atoms with Crippen molar-refractivity contribution in [2.75, 3.05) is 0 Å². The largest absolute Gasteiger partial charge is 0.480 e. The molecule has 0 aromatic heterocycles. The Morgan fingerprint density at radius 2 is 1.94 bits per heavy atom. The molecule has 1 atom stereocenters. The molecule has 2 aliphatic carbocycles. The predicted molar refractivity (Wildman–Crippen MR) is 65.0 cm³/mol. The summed E-state index contributed by atoms with van der Waals surface area (Å²) in [4.78, 5) is 11.4. The van der Waals surface area contributed by atoms with Crippen LogP contribution in [0.1, 0.15) is 48.8 Å². The summed E-state index contributed by atoms with van der Waals surface area (Å²) in [5, 5.41) is 12.6. The van der Waals surface area contributed by atoms with Crippen molar-refractivity contribution in [1.29, 1.82) is 0 Å². The third-order valence-corrected chi connectivity index (χ3v) is 3.55. The molecule has 1 aromatic rings. The van der Waals surface area contributed by atoms with Gasteiger partial charge in [0.05, 0.1) is 0 Å². The van der Waals surface area contributed by atoms with Gasteiger partial charge in [-0.25, -0.2) is 0 Å². The number of benzene rings is 1. The van der Waals surface area contributed by atoms with Crippen molar-refractivity contribution >= 4 is 5.97 Å². The summed E-state index contributed by atoms with van der Waals surface area (Å²) in [5.41, 5.74) is 2.20. The highest BCUT2D eigenvalue weighted by Crippen LogP contribution is 2.43. The molecule has 0 radical (unpaired) electrons. The van der Waals surface area contributed by atoms with E-state index in [1.165, 1.54) is 18.4 Å². The Morgan fingerprint density at radius 1 is 1.24 bits per heavy atom. The van der Waals surface area contributed by atoms with Crippen LogP contribution < -0.4 is 5.32 Å². The highest BCUT2D eigenvalue weighted by molar-refractivity contribution is 5.76. The first kappa shape index (κ1) is 10.8. The summed E-state index contributed by atoms with van der Waals surface area (Å²) >= 11 is 0. The monoisotopic (exact) mass is 231 g/mol. The Balaban J connectivity index is 1.90. The molecule has 3 nitrogen and oxygen atoms in total. The number of nitrogens with one attached hydrogen (secondary N) is 1. The number of carbonyl (C=O) groups is 1. The van der Waals surface area contributed by atoms with E-state index >= 15 is 0 Å². The summed E-state index contributed by atoms with van der Waals surface area (Å²) in [6, 6.07) is 7.86.